The molecule has 0 aromatic heterocycles. The molecule has 0 rings (SSSR count). The van der Waals surface area contributed by atoms with E-state index in [1.807, 2.05) is 7.05 Å². The van der Waals surface area contributed by atoms with E-state index >= 15 is 0 Å². The van der Waals surface area contributed by atoms with E-state index in [2.05, 4.69) is 24.7 Å². The van der Waals surface area contributed by atoms with E-state index in [9.17, 15) is 0 Å². The van der Waals surface area contributed by atoms with Crippen molar-refractivity contribution < 1.29 is 0 Å². The highest BCUT2D eigenvalue weighted by molar-refractivity contribution is 4.50. The molecule has 2 nitrogen and oxygen atoms in total. The summed E-state index contributed by atoms with van der Waals surface area (Å²) in [7, 11) is 1.90. The summed E-state index contributed by atoms with van der Waals surface area (Å²) in [4.78, 5) is 0. The number of nitrogens with one attached hydrogen (secondary N) is 2. The van der Waals surface area contributed by atoms with Crippen LogP contribution in [0.5, 0.6) is 0 Å². The van der Waals surface area contributed by atoms with E-state index < -0.39 is 0 Å². The summed E-state index contributed by atoms with van der Waals surface area (Å²) in [5.41, 5.74) is 5.96. The molecule has 0 radical (unpaired) electrons. The Labute approximate surface area is 58.0 Å². The minimum atomic E-state index is 0.853. The molecule has 1 atom stereocenters. The summed E-state index contributed by atoms with van der Waals surface area (Å²) in [5.74, 6) is 0.853. The monoisotopic (exact) mass is 130 g/mol. The van der Waals surface area contributed by atoms with E-state index in [-0.39, 0.29) is 0 Å². The summed E-state index contributed by atoms with van der Waals surface area (Å²) >= 11 is 0. The highest BCUT2D eigenvalue weighted by Gasteiger charge is 1.95. The van der Waals surface area contributed by atoms with Crippen molar-refractivity contribution >= 4 is 0 Å². The van der Waals surface area contributed by atoms with Crippen LogP contribution in [0.15, 0.2) is 0 Å². The maximum atomic E-state index is 3.06. The van der Waals surface area contributed by atoms with Gasteiger partial charge in [0, 0.05) is 6.54 Å². The maximum absolute atomic E-state index is 3.06. The fourth-order valence-corrected chi connectivity index (χ4v) is 0.648. The molecule has 0 spiro atoms. The third-order valence-electron chi connectivity index (χ3n) is 1.64. The Morgan fingerprint density at radius 3 is 2.56 bits per heavy atom. The Kier molecular flexibility index (Phi) is 5.99. The topological polar surface area (TPSA) is 24.1 Å². The van der Waals surface area contributed by atoms with Crippen LogP contribution in [0.2, 0.25) is 0 Å². The lowest BCUT2D eigenvalue weighted by Crippen LogP contribution is -2.29. The molecule has 1 unspecified atom stereocenters. The van der Waals surface area contributed by atoms with Gasteiger partial charge in [0.2, 0.25) is 0 Å². The van der Waals surface area contributed by atoms with Gasteiger partial charge in [-0.2, -0.15) is 0 Å². The SMILES string of the molecule is CCC(C)CCNNC. The van der Waals surface area contributed by atoms with Gasteiger partial charge in [0.15, 0.2) is 0 Å². The molecular formula is C7H18N2. The van der Waals surface area contributed by atoms with Crippen LogP contribution in [0.3, 0.4) is 0 Å². The summed E-state index contributed by atoms with van der Waals surface area (Å²) in [5, 5.41) is 0. The predicted molar refractivity (Wildman–Crippen MR) is 41.1 cm³/mol. The molecule has 0 aliphatic heterocycles. The zero-order chi connectivity index (χ0) is 7.11. The van der Waals surface area contributed by atoms with Crippen molar-refractivity contribution in [2.75, 3.05) is 13.6 Å². The Morgan fingerprint density at radius 2 is 2.11 bits per heavy atom. The van der Waals surface area contributed by atoms with E-state index in [0.717, 1.165) is 12.5 Å². The summed E-state index contributed by atoms with van der Waals surface area (Å²) in [6.45, 7) is 5.58. The first kappa shape index (κ1) is 8.92. The Bertz CT molecular complexity index is 54.9. The zero-order valence-electron chi connectivity index (χ0n) is 6.70. The van der Waals surface area contributed by atoms with Gasteiger partial charge in [-0.15, -0.1) is 0 Å². The van der Waals surface area contributed by atoms with Gasteiger partial charge in [0.25, 0.3) is 0 Å². The summed E-state index contributed by atoms with van der Waals surface area (Å²) in [6, 6.07) is 0. The number of hydrazine groups is 1. The lowest BCUT2D eigenvalue weighted by Gasteiger charge is -2.07. The third kappa shape index (κ3) is 5.80. The van der Waals surface area contributed by atoms with Crippen LogP contribution in [-0.4, -0.2) is 13.6 Å². The van der Waals surface area contributed by atoms with Crippen LogP contribution in [0.25, 0.3) is 0 Å². The second-order valence-corrected chi connectivity index (χ2v) is 2.48. The third-order valence-corrected chi connectivity index (χ3v) is 1.64. The van der Waals surface area contributed by atoms with Crippen molar-refractivity contribution in [3.63, 3.8) is 0 Å². The first-order chi connectivity index (χ1) is 4.31. The van der Waals surface area contributed by atoms with Crippen LogP contribution in [-0.2, 0) is 0 Å². The lowest BCUT2D eigenvalue weighted by molar-refractivity contribution is 0.467. The fraction of sp³-hybridized carbons (Fsp3) is 1.00. The molecule has 56 valence electrons. The number of hydrogen-bond donors (Lipinski definition) is 2. The average Bonchev–Trinajstić information content (AvgIpc) is 1.89. The van der Waals surface area contributed by atoms with Crippen molar-refractivity contribution in [1.82, 2.24) is 10.9 Å². The van der Waals surface area contributed by atoms with Crippen LogP contribution in [0, 0.1) is 5.92 Å². The van der Waals surface area contributed by atoms with Crippen molar-refractivity contribution in [2.24, 2.45) is 5.92 Å². The molecule has 0 saturated heterocycles. The van der Waals surface area contributed by atoms with E-state index in [4.69, 9.17) is 0 Å². The van der Waals surface area contributed by atoms with Crippen LogP contribution in [0.4, 0.5) is 0 Å². The predicted octanol–water partition coefficient (Wildman–Crippen LogP) is 1.15. The Hall–Kier alpha value is -0.0800. The second kappa shape index (κ2) is 6.05. The first-order valence-electron chi connectivity index (χ1n) is 3.70. The minimum Gasteiger partial charge on any atom is -0.261 e. The molecule has 9 heavy (non-hydrogen) atoms. The molecule has 0 aliphatic rings. The quantitative estimate of drug-likeness (QED) is 0.431. The Morgan fingerprint density at radius 1 is 1.44 bits per heavy atom. The smallest absolute Gasteiger partial charge is 0.0102 e. The molecule has 0 amide bonds. The van der Waals surface area contributed by atoms with Gasteiger partial charge in [0.05, 0.1) is 0 Å². The van der Waals surface area contributed by atoms with Gasteiger partial charge in [0.1, 0.15) is 0 Å². The molecule has 0 saturated carbocycles. The van der Waals surface area contributed by atoms with Gasteiger partial charge < -0.3 is 0 Å². The summed E-state index contributed by atoms with van der Waals surface area (Å²) in [6.07, 6.45) is 2.54. The van der Waals surface area contributed by atoms with Gasteiger partial charge in [-0.05, 0) is 19.4 Å². The highest BCUT2D eigenvalue weighted by atomic mass is 15.3. The van der Waals surface area contributed by atoms with Gasteiger partial charge >= 0.3 is 0 Å². The van der Waals surface area contributed by atoms with Gasteiger partial charge in [-0.25, -0.2) is 0 Å². The van der Waals surface area contributed by atoms with Gasteiger partial charge in [-0.1, -0.05) is 20.3 Å². The van der Waals surface area contributed by atoms with Gasteiger partial charge in [-0.3, -0.25) is 10.9 Å². The fourth-order valence-electron chi connectivity index (χ4n) is 0.648. The molecule has 2 N–H and O–H groups in total. The standard InChI is InChI=1S/C7H18N2/c1-4-7(2)5-6-9-8-3/h7-9H,4-6H2,1-3H3. The number of rotatable bonds is 5. The van der Waals surface area contributed by atoms with E-state index in [0.29, 0.717) is 0 Å². The molecule has 0 aliphatic carbocycles. The zero-order valence-corrected chi connectivity index (χ0v) is 6.70. The molecule has 2 heteroatoms. The molecule has 0 fully saturated rings. The average molecular weight is 130 g/mol. The summed E-state index contributed by atoms with van der Waals surface area (Å²) < 4.78 is 0. The van der Waals surface area contributed by atoms with Crippen LogP contribution >= 0.6 is 0 Å². The van der Waals surface area contributed by atoms with Crippen LogP contribution < -0.4 is 10.9 Å². The Balaban J connectivity index is 2.88. The second-order valence-electron chi connectivity index (χ2n) is 2.48. The normalized spacial score (nSPS) is 13.7. The minimum absolute atomic E-state index is 0.853. The number of hydrogen-bond acceptors (Lipinski definition) is 2. The largest absolute Gasteiger partial charge is 0.261 e. The molecule has 0 heterocycles. The highest BCUT2D eigenvalue weighted by Crippen LogP contribution is 2.03. The lowest BCUT2D eigenvalue weighted by atomic mass is 10.1. The van der Waals surface area contributed by atoms with E-state index in [1.54, 1.807) is 0 Å². The van der Waals surface area contributed by atoms with Crippen LogP contribution in [0.1, 0.15) is 26.7 Å². The van der Waals surface area contributed by atoms with Crippen molar-refractivity contribution in [3.05, 3.63) is 0 Å². The molecule has 0 bridgehead atoms. The van der Waals surface area contributed by atoms with E-state index in [1.165, 1.54) is 12.8 Å². The van der Waals surface area contributed by atoms with Crippen molar-refractivity contribution in [3.8, 4) is 0 Å². The maximum Gasteiger partial charge on any atom is 0.0102 e. The first-order valence-corrected chi connectivity index (χ1v) is 3.70. The molecular weight excluding hydrogens is 112 g/mol. The van der Waals surface area contributed by atoms with Crippen molar-refractivity contribution in [1.29, 1.82) is 0 Å². The molecule has 0 aromatic carbocycles. The van der Waals surface area contributed by atoms with Crippen molar-refractivity contribution in [2.45, 2.75) is 26.7 Å². The molecule has 0 aromatic rings.